The number of nitrogens with zero attached hydrogens (tertiary/aromatic N) is 4. The Kier molecular flexibility index (Phi) is 9.29. The summed E-state index contributed by atoms with van der Waals surface area (Å²) in [6.07, 6.45) is 1.47. The molecule has 10 nitrogen and oxygen atoms in total. The van der Waals surface area contributed by atoms with E-state index in [-0.39, 0.29) is 11.7 Å². The number of hydrogen-bond donors (Lipinski definition) is 1. The van der Waals surface area contributed by atoms with E-state index in [4.69, 9.17) is 30.5 Å². The summed E-state index contributed by atoms with van der Waals surface area (Å²) in [6, 6.07) is 18.2. The molecule has 0 radical (unpaired) electrons. The lowest BCUT2D eigenvalue weighted by Crippen LogP contribution is -2.20. The Labute approximate surface area is 234 Å². The van der Waals surface area contributed by atoms with Crippen LogP contribution in [0.25, 0.3) is 17.1 Å². The SMILES string of the molecule is COc1ccc(-c2nnc(SCC(=O)N/N=C/c3cc(OC)c(OC)cc3OC)n2-c2ccc(Cl)cc2)cc1. The third-order valence-electron chi connectivity index (χ3n) is 5.53. The van der Waals surface area contributed by atoms with Crippen molar-refractivity contribution in [3.63, 3.8) is 0 Å². The normalized spacial score (nSPS) is 10.9. The molecule has 0 saturated carbocycles. The van der Waals surface area contributed by atoms with Crippen LogP contribution in [0.5, 0.6) is 23.0 Å². The van der Waals surface area contributed by atoms with E-state index in [2.05, 4.69) is 20.7 Å². The molecule has 1 aromatic heterocycles. The number of benzene rings is 3. The molecule has 0 aliphatic heterocycles. The maximum absolute atomic E-state index is 12.6. The first kappa shape index (κ1) is 27.8. The van der Waals surface area contributed by atoms with Crippen LogP contribution in [0.3, 0.4) is 0 Å². The van der Waals surface area contributed by atoms with Crippen molar-refractivity contribution in [1.29, 1.82) is 0 Å². The van der Waals surface area contributed by atoms with Crippen LogP contribution in [0.1, 0.15) is 5.56 Å². The Bertz CT molecular complexity index is 1460. The van der Waals surface area contributed by atoms with Crippen LogP contribution in [0.15, 0.2) is 70.9 Å². The third-order valence-corrected chi connectivity index (χ3v) is 6.71. The van der Waals surface area contributed by atoms with Gasteiger partial charge in [0.15, 0.2) is 22.5 Å². The molecule has 4 aromatic rings. The predicted molar refractivity (Wildman–Crippen MR) is 151 cm³/mol. The van der Waals surface area contributed by atoms with E-state index in [1.165, 1.54) is 39.3 Å². The van der Waals surface area contributed by atoms with E-state index >= 15 is 0 Å². The minimum Gasteiger partial charge on any atom is -0.497 e. The molecule has 1 N–H and O–H groups in total. The highest BCUT2D eigenvalue weighted by molar-refractivity contribution is 7.99. The van der Waals surface area contributed by atoms with E-state index in [1.807, 2.05) is 41.0 Å². The highest BCUT2D eigenvalue weighted by Crippen LogP contribution is 2.34. The van der Waals surface area contributed by atoms with Crippen molar-refractivity contribution in [2.45, 2.75) is 5.16 Å². The quantitative estimate of drug-likeness (QED) is 0.155. The number of aromatic nitrogens is 3. The van der Waals surface area contributed by atoms with Crippen LogP contribution in [-0.2, 0) is 4.79 Å². The summed E-state index contributed by atoms with van der Waals surface area (Å²) in [5, 5.41) is 13.9. The second kappa shape index (κ2) is 13.0. The minimum atomic E-state index is -0.327. The summed E-state index contributed by atoms with van der Waals surface area (Å²) >= 11 is 7.33. The molecular formula is C27H26ClN5O5S. The van der Waals surface area contributed by atoms with Gasteiger partial charge in [-0.05, 0) is 54.6 Å². The fraction of sp³-hybridized carbons (Fsp3) is 0.185. The van der Waals surface area contributed by atoms with E-state index in [1.54, 1.807) is 31.4 Å². The fourth-order valence-corrected chi connectivity index (χ4v) is 4.47. The molecule has 12 heteroatoms. The third kappa shape index (κ3) is 6.62. The van der Waals surface area contributed by atoms with Crippen molar-refractivity contribution in [2.24, 2.45) is 5.10 Å². The zero-order valence-corrected chi connectivity index (χ0v) is 23.2. The number of halogens is 1. The number of ether oxygens (including phenoxy) is 4. The number of rotatable bonds is 11. The molecule has 0 bridgehead atoms. The number of thioether (sulfide) groups is 1. The van der Waals surface area contributed by atoms with Gasteiger partial charge < -0.3 is 18.9 Å². The Morgan fingerprint density at radius 1 is 0.923 bits per heavy atom. The predicted octanol–water partition coefficient (Wildman–Crippen LogP) is 4.86. The monoisotopic (exact) mass is 567 g/mol. The standard InChI is InChI=1S/C27H26ClN5O5S/c1-35-21-11-5-17(6-12-21)26-31-32-27(33(26)20-9-7-19(28)8-10-20)39-16-25(34)30-29-15-18-13-23(37-3)24(38-4)14-22(18)36-2/h5-15H,16H2,1-4H3,(H,30,34)/b29-15+. The van der Waals surface area contributed by atoms with Gasteiger partial charge >= 0.3 is 0 Å². The Morgan fingerprint density at radius 2 is 1.59 bits per heavy atom. The van der Waals surface area contributed by atoms with Crippen molar-refractivity contribution in [3.05, 3.63) is 71.2 Å². The highest BCUT2D eigenvalue weighted by atomic mass is 35.5. The molecule has 0 atom stereocenters. The molecule has 4 rings (SSSR count). The Hall–Kier alpha value is -4.22. The van der Waals surface area contributed by atoms with Crippen LogP contribution in [-0.4, -0.2) is 61.1 Å². The second-order valence-corrected chi connectivity index (χ2v) is 9.26. The molecule has 202 valence electrons. The van der Waals surface area contributed by atoms with Crippen LogP contribution >= 0.6 is 23.4 Å². The largest absolute Gasteiger partial charge is 0.497 e. The highest BCUT2D eigenvalue weighted by Gasteiger charge is 2.18. The van der Waals surface area contributed by atoms with Crippen molar-refractivity contribution < 1.29 is 23.7 Å². The van der Waals surface area contributed by atoms with Gasteiger partial charge in [0.25, 0.3) is 5.91 Å². The lowest BCUT2D eigenvalue weighted by atomic mass is 10.2. The van der Waals surface area contributed by atoms with Crippen molar-refractivity contribution in [1.82, 2.24) is 20.2 Å². The Balaban J connectivity index is 1.51. The van der Waals surface area contributed by atoms with Crippen LogP contribution < -0.4 is 24.4 Å². The molecule has 0 aliphatic carbocycles. The molecule has 3 aromatic carbocycles. The molecular weight excluding hydrogens is 542 g/mol. The minimum absolute atomic E-state index is 0.0503. The van der Waals surface area contributed by atoms with Gasteiger partial charge in [-0.3, -0.25) is 9.36 Å². The molecule has 1 amide bonds. The van der Waals surface area contributed by atoms with Gasteiger partial charge in [0, 0.05) is 27.9 Å². The van der Waals surface area contributed by atoms with E-state index in [0.717, 1.165) is 17.0 Å². The number of hydrogen-bond acceptors (Lipinski definition) is 9. The summed E-state index contributed by atoms with van der Waals surface area (Å²) in [5.74, 6) is 2.61. The molecule has 0 saturated heterocycles. The molecule has 1 heterocycles. The number of carbonyl (C=O) groups is 1. The second-order valence-electron chi connectivity index (χ2n) is 7.88. The van der Waals surface area contributed by atoms with E-state index in [9.17, 15) is 4.79 Å². The van der Waals surface area contributed by atoms with E-state index < -0.39 is 0 Å². The number of methoxy groups -OCH3 is 4. The maximum atomic E-state index is 12.6. The average Bonchev–Trinajstić information content (AvgIpc) is 3.40. The van der Waals surface area contributed by atoms with Gasteiger partial charge in [0.1, 0.15) is 11.5 Å². The summed E-state index contributed by atoms with van der Waals surface area (Å²) in [6.45, 7) is 0. The lowest BCUT2D eigenvalue weighted by Gasteiger charge is -2.12. The summed E-state index contributed by atoms with van der Waals surface area (Å²) in [7, 11) is 6.22. The van der Waals surface area contributed by atoms with Gasteiger partial charge in [-0.2, -0.15) is 5.10 Å². The van der Waals surface area contributed by atoms with Gasteiger partial charge in [-0.15, -0.1) is 10.2 Å². The van der Waals surface area contributed by atoms with Crippen LogP contribution in [0.2, 0.25) is 5.02 Å². The molecule has 0 spiro atoms. The summed E-state index contributed by atoms with van der Waals surface area (Å²) < 4.78 is 23.1. The van der Waals surface area contributed by atoms with Crippen molar-refractivity contribution >= 4 is 35.5 Å². The van der Waals surface area contributed by atoms with Crippen LogP contribution in [0, 0.1) is 0 Å². The average molecular weight is 568 g/mol. The number of nitrogens with one attached hydrogen (secondary N) is 1. The number of carbonyl (C=O) groups excluding carboxylic acids is 1. The van der Waals surface area contributed by atoms with E-state index in [0.29, 0.717) is 38.8 Å². The zero-order chi connectivity index (χ0) is 27.8. The molecule has 0 fully saturated rings. The first-order chi connectivity index (χ1) is 19.0. The lowest BCUT2D eigenvalue weighted by molar-refractivity contribution is -0.118. The topological polar surface area (TPSA) is 109 Å². The zero-order valence-electron chi connectivity index (χ0n) is 21.7. The Morgan fingerprint density at radius 3 is 2.23 bits per heavy atom. The van der Waals surface area contributed by atoms with Crippen molar-refractivity contribution in [3.8, 4) is 40.1 Å². The number of amides is 1. The molecule has 0 aliphatic rings. The van der Waals surface area contributed by atoms with Crippen LogP contribution in [0.4, 0.5) is 0 Å². The van der Waals surface area contributed by atoms with Gasteiger partial charge in [-0.1, -0.05) is 23.4 Å². The summed E-state index contributed by atoms with van der Waals surface area (Å²) in [4.78, 5) is 12.6. The first-order valence-electron chi connectivity index (χ1n) is 11.6. The summed E-state index contributed by atoms with van der Waals surface area (Å²) in [5.41, 5.74) is 4.77. The van der Waals surface area contributed by atoms with Crippen molar-refractivity contribution in [2.75, 3.05) is 34.2 Å². The van der Waals surface area contributed by atoms with Gasteiger partial charge in [-0.25, -0.2) is 5.43 Å². The maximum Gasteiger partial charge on any atom is 0.250 e. The number of hydrazone groups is 1. The van der Waals surface area contributed by atoms with Gasteiger partial charge in [0.2, 0.25) is 0 Å². The van der Waals surface area contributed by atoms with Gasteiger partial charge in [0.05, 0.1) is 40.4 Å². The first-order valence-corrected chi connectivity index (χ1v) is 12.9. The molecule has 0 unspecified atom stereocenters. The molecule has 39 heavy (non-hydrogen) atoms. The smallest absolute Gasteiger partial charge is 0.250 e. The fourth-order valence-electron chi connectivity index (χ4n) is 3.60.